The van der Waals surface area contributed by atoms with Crippen LogP contribution in [-0.4, -0.2) is 4.98 Å². The second kappa shape index (κ2) is 5.44. The summed E-state index contributed by atoms with van der Waals surface area (Å²) in [5.74, 6) is 0.155. The lowest BCUT2D eigenvalue weighted by Crippen LogP contribution is -2.06. The predicted molar refractivity (Wildman–Crippen MR) is 69.9 cm³/mol. The van der Waals surface area contributed by atoms with E-state index >= 15 is 0 Å². The Labute approximate surface area is 119 Å². The van der Waals surface area contributed by atoms with Crippen LogP contribution in [0.2, 0.25) is 0 Å². The maximum Gasteiger partial charge on any atom is 0.418 e. The van der Waals surface area contributed by atoms with Crippen LogP contribution >= 0.6 is 0 Å². The summed E-state index contributed by atoms with van der Waals surface area (Å²) in [4.78, 5) is 3.50. The summed E-state index contributed by atoms with van der Waals surface area (Å²) in [5.41, 5.74) is 0.662. The SMILES string of the molecule is Cc1cc(C)cc(Oc2cc(C(F)(F)F)cnc2C#N)c1. The Balaban J connectivity index is 2.45. The maximum atomic E-state index is 12.7. The highest BCUT2D eigenvalue weighted by Gasteiger charge is 2.32. The van der Waals surface area contributed by atoms with Crippen LogP contribution in [0.25, 0.3) is 0 Å². The molecule has 0 unspecified atom stereocenters. The molecular weight excluding hydrogens is 281 g/mol. The van der Waals surface area contributed by atoms with Crippen molar-refractivity contribution in [3.63, 3.8) is 0 Å². The van der Waals surface area contributed by atoms with Crippen LogP contribution in [0.5, 0.6) is 11.5 Å². The van der Waals surface area contributed by atoms with Crippen LogP contribution < -0.4 is 4.74 Å². The number of ether oxygens (including phenoxy) is 1. The zero-order valence-electron chi connectivity index (χ0n) is 11.3. The Morgan fingerprint density at radius 2 is 1.71 bits per heavy atom. The minimum absolute atomic E-state index is 0.192. The van der Waals surface area contributed by atoms with Gasteiger partial charge in [-0.3, -0.25) is 0 Å². The van der Waals surface area contributed by atoms with Crippen LogP contribution in [-0.2, 0) is 6.18 Å². The van der Waals surface area contributed by atoms with Crippen molar-refractivity contribution in [2.45, 2.75) is 20.0 Å². The molecule has 0 saturated carbocycles. The first-order chi connectivity index (χ1) is 9.79. The molecule has 108 valence electrons. The Bertz CT molecular complexity index is 698. The van der Waals surface area contributed by atoms with Crippen LogP contribution in [0.4, 0.5) is 13.2 Å². The first-order valence-electron chi connectivity index (χ1n) is 6.03. The Kier molecular flexibility index (Phi) is 3.85. The van der Waals surface area contributed by atoms with Crippen molar-refractivity contribution in [2.24, 2.45) is 0 Å². The fourth-order valence-corrected chi connectivity index (χ4v) is 1.88. The minimum atomic E-state index is -4.54. The van der Waals surface area contributed by atoms with Gasteiger partial charge in [-0.15, -0.1) is 0 Å². The molecule has 0 atom stereocenters. The molecule has 1 heterocycles. The lowest BCUT2D eigenvalue weighted by atomic mass is 10.1. The average molecular weight is 292 g/mol. The third-order valence-electron chi connectivity index (χ3n) is 2.71. The van der Waals surface area contributed by atoms with Crippen LogP contribution in [0, 0.1) is 25.2 Å². The van der Waals surface area contributed by atoms with Crippen molar-refractivity contribution in [2.75, 3.05) is 0 Å². The lowest BCUT2D eigenvalue weighted by Gasteiger charge is -2.11. The third-order valence-corrected chi connectivity index (χ3v) is 2.71. The Hall–Kier alpha value is -2.55. The quantitative estimate of drug-likeness (QED) is 0.825. The summed E-state index contributed by atoms with van der Waals surface area (Å²) in [6, 6.07) is 7.76. The average Bonchev–Trinajstić information content (AvgIpc) is 2.36. The summed E-state index contributed by atoms with van der Waals surface area (Å²) < 4.78 is 43.5. The molecule has 0 saturated heterocycles. The van der Waals surface area contributed by atoms with Gasteiger partial charge in [0, 0.05) is 6.20 Å². The van der Waals surface area contributed by atoms with E-state index in [2.05, 4.69) is 4.98 Å². The maximum absolute atomic E-state index is 12.7. The molecule has 0 aliphatic heterocycles. The van der Waals surface area contributed by atoms with Crippen molar-refractivity contribution in [1.82, 2.24) is 4.98 Å². The number of aryl methyl sites for hydroxylation is 2. The van der Waals surface area contributed by atoms with Crippen molar-refractivity contribution < 1.29 is 17.9 Å². The van der Waals surface area contributed by atoms with Gasteiger partial charge in [0.25, 0.3) is 0 Å². The largest absolute Gasteiger partial charge is 0.454 e. The molecule has 0 radical (unpaired) electrons. The zero-order chi connectivity index (χ0) is 15.6. The first kappa shape index (κ1) is 14.9. The van der Waals surface area contributed by atoms with Crippen LogP contribution in [0.3, 0.4) is 0 Å². The molecule has 2 rings (SSSR count). The van der Waals surface area contributed by atoms with Gasteiger partial charge in [-0.25, -0.2) is 4.98 Å². The van der Waals surface area contributed by atoms with Crippen molar-refractivity contribution >= 4 is 0 Å². The first-order valence-corrected chi connectivity index (χ1v) is 6.03. The van der Waals surface area contributed by atoms with Gasteiger partial charge >= 0.3 is 6.18 Å². The molecule has 0 N–H and O–H groups in total. The highest BCUT2D eigenvalue weighted by molar-refractivity contribution is 5.44. The molecule has 21 heavy (non-hydrogen) atoms. The van der Waals surface area contributed by atoms with Gasteiger partial charge in [0.15, 0.2) is 11.4 Å². The summed E-state index contributed by atoms with van der Waals surface area (Å²) in [6.07, 6.45) is -3.92. The Morgan fingerprint density at radius 1 is 1.10 bits per heavy atom. The molecule has 0 fully saturated rings. The molecule has 6 heteroatoms. The smallest absolute Gasteiger partial charge is 0.418 e. The number of benzene rings is 1. The van der Waals surface area contributed by atoms with E-state index in [1.165, 1.54) is 0 Å². The fraction of sp³-hybridized carbons (Fsp3) is 0.200. The van der Waals surface area contributed by atoms with E-state index in [9.17, 15) is 13.2 Å². The highest BCUT2D eigenvalue weighted by atomic mass is 19.4. The number of rotatable bonds is 2. The van der Waals surface area contributed by atoms with Crippen molar-refractivity contribution in [3.8, 4) is 17.6 Å². The van der Waals surface area contributed by atoms with Gasteiger partial charge in [0.1, 0.15) is 11.8 Å². The number of alkyl halides is 3. The number of aromatic nitrogens is 1. The molecule has 0 spiro atoms. The molecule has 1 aromatic heterocycles. The number of nitrogens with zero attached hydrogens (tertiary/aromatic N) is 2. The molecule has 0 aliphatic carbocycles. The summed E-state index contributed by atoms with van der Waals surface area (Å²) >= 11 is 0. The number of pyridine rings is 1. The normalized spacial score (nSPS) is 11.0. The molecule has 1 aromatic carbocycles. The minimum Gasteiger partial charge on any atom is -0.454 e. The molecule has 3 nitrogen and oxygen atoms in total. The van der Waals surface area contributed by atoms with E-state index in [0.29, 0.717) is 11.9 Å². The third kappa shape index (κ3) is 3.51. The molecule has 0 amide bonds. The van der Waals surface area contributed by atoms with E-state index in [1.807, 2.05) is 19.9 Å². The van der Waals surface area contributed by atoms with Crippen LogP contribution in [0.1, 0.15) is 22.4 Å². The number of hydrogen-bond donors (Lipinski definition) is 0. The second-order valence-corrected chi connectivity index (χ2v) is 4.61. The molecule has 0 aliphatic rings. The number of halogens is 3. The summed E-state index contributed by atoms with van der Waals surface area (Å²) in [5, 5.41) is 8.93. The number of nitriles is 1. The standard InChI is InChI=1S/C15H11F3N2O/c1-9-3-10(2)5-12(4-9)21-14-6-11(15(16,17)18)8-20-13(14)7-19/h3-6,8H,1-2H3. The fourth-order valence-electron chi connectivity index (χ4n) is 1.88. The van der Waals surface area contributed by atoms with Gasteiger partial charge in [-0.2, -0.15) is 18.4 Å². The number of hydrogen-bond acceptors (Lipinski definition) is 3. The molecule has 2 aromatic rings. The molecule has 0 bridgehead atoms. The summed E-state index contributed by atoms with van der Waals surface area (Å²) in [6.45, 7) is 3.69. The monoisotopic (exact) mass is 292 g/mol. The van der Waals surface area contributed by atoms with Gasteiger partial charge in [0.2, 0.25) is 0 Å². The van der Waals surface area contributed by atoms with E-state index in [4.69, 9.17) is 10.00 Å². The van der Waals surface area contributed by atoms with Crippen LogP contribution in [0.15, 0.2) is 30.5 Å². The highest BCUT2D eigenvalue weighted by Crippen LogP contribution is 2.33. The zero-order valence-corrected chi connectivity index (χ0v) is 11.3. The second-order valence-electron chi connectivity index (χ2n) is 4.61. The van der Waals surface area contributed by atoms with Crippen molar-refractivity contribution in [3.05, 3.63) is 52.8 Å². The summed E-state index contributed by atoms with van der Waals surface area (Å²) in [7, 11) is 0. The Morgan fingerprint density at radius 3 is 2.24 bits per heavy atom. The van der Waals surface area contributed by atoms with E-state index in [0.717, 1.165) is 17.2 Å². The topological polar surface area (TPSA) is 45.9 Å². The van der Waals surface area contributed by atoms with Gasteiger partial charge in [-0.05, 0) is 43.2 Å². The van der Waals surface area contributed by atoms with Gasteiger partial charge < -0.3 is 4.74 Å². The predicted octanol–water partition coefficient (Wildman–Crippen LogP) is 4.38. The van der Waals surface area contributed by atoms with Gasteiger partial charge in [-0.1, -0.05) is 6.07 Å². The van der Waals surface area contributed by atoms with E-state index in [1.54, 1.807) is 18.2 Å². The molecular formula is C15H11F3N2O. The van der Waals surface area contributed by atoms with Gasteiger partial charge in [0.05, 0.1) is 5.56 Å². The van der Waals surface area contributed by atoms with E-state index < -0.39 is 11.7 Å². The van der Waals surface area contributed by atoms with E-state index in [-0.39, 0.29) is 11.4 Å². The van der Waals surface area contributed by atoms with Crippen molar-refractivity contribution in [1.29, 1.82) is 5.26 Å². The lowest BCUT2D eigenvalue weighted by molar-refractivity contribution is -0.137.